The van der Waals surface area contributed by atoms with Crippen molar-refractivity contribution in [3.63, 3.8) is 0 Å². The van der Waals surface area contributed by atoms with Gasteiger partial charge in [-0.3, -0.25) is 9.63 Å². The summed E-state index contributed by atoms with van der Waals surface area (Å²) in [6, 6.07) is 5.04. The summed E-state index contributed by atoms with van der Waals surface area (Å²) in [5, 5.41) is 0. The Kier molecular flexibility index (Phi) is 4.76. The normalized spacial score (nSPS) is 10.5. The molecule has 0 aromatic heterocycles. The van der Waals surface area contributed by atoms with E-state index >= 15 is 0 Å². The van der Waals surface area contributed by atoms with E-state index in [0.29, 0.717) is 28.2 Å². The second-order valence-electron chi connectivity index (χ2n) is 3.88. The molecule has 16 heavy (non-hydrogen) atoms. The van der Waals surface area contributed by atoms with Crippen LogP contribution in [0.4, 0.5) is 5.69 Å². The van der Waals surface area contributed by atoms with Gasteiger partial charge in [-0.1, -0.05) is 13.8 Å². The number of nitrogens with one attached hydrogen (secondary N) is 1. The van der Waals surface area contributed by atoms with Gasteiger partial charge in [-0.15, -0.1) is 0 Å². The number of amides is 1. The van der Waals surface area contributed by atoms with Crippen molar-refractivity contribution in [2.75, 3.05) is 12.3 Å². The van der Waals surface area contributed by atoms with E-state index in [9.17, 15) is 4.79 Å². The largest absolute Gasteiger partial charge is 0.399 e. The molecule has 0 saturated carbocycles. The zero-order valence-corrected chi connectivity index (χ0v) is 10.9. The Morgan fingerprint density at radius 3 is 2.88 bits per heavy atom. The number of hydrogen-bond donors (Lipinski definition) is 2. The highest BCUT2D eigenvalue weighted by atomic mass is 79.9. The van der Waals surface area contributed by atoms with Crippen LogP contribution in [-0.4, -0.2) is 12.5 Å². The Morgan fingerprint density at radius 1 is 1.56 bits per heavy atom. The Bertz CT molecular complexity index is 380. The third-order valence-corrected chi connectivity index (χ3v) is 2.51. The molecular weight excluding hydrogens is 272 g/mol. The van der Waals surface area contributed by atoms with Crippen LogP contribution in [0.5, 0.6) is 0 Å². The standard InChI is InChI=1S/C11H15BrN2O2/c1-7(2)6-16-14-11(15)9-5-8(13)3-4-10(9)12/h3-5,7H,6,13H2,1-2H3,(H,14,15). The highest BCUT2D eigenvalue weighted by Gasteiger charge is 2.10. The van der Waals surface area contributed by atoms with Crippen LogP contribution in [0.3, 0.4) is 0 Å². The first kappa shape index (κ1) is 13.0. The van der Waals surface area contributed by atoms with E-state index in [0.717, 1.165) is 0 Å². The third kappa shape index (κ3) is 3.83. The average molecular weight is 287 g/mol. The molecule has 88 valence electrons. The van der Waals surface area contributed by atoms with Crippen molar-refractivity contribution in [1.82, 2.24) is 5.48 Å². The first-order valence-electron chi connectivity index (χ1n) is 4.98. The molecule has 0 saturated heterocycles. The lowest BCUT2D eigenvalue weighted by molar-refractivity contribution is 0.0208. The van der Waals surface area contributed by atoms with Gasteiger partial charge >= 0.3 is 0 Å². The summed E-state index contributed by atoms with van der Waals surface area (Å²) in [5.41, 5.74) is 8.98. The van der Waals surface area contributed by atoms with Crippen LogP contribution in [-0.2, 0) is 4.84 Å². The maximum atomic E-state index is 11.7. The highest BCUT2D eigenvalue weighted by Crippen LogP contribution is 2.19. The smallest absolute Gasteiger partial charge is 0.276 e. The second-order valence-corrected chi connectivity index (χ2v) is 4.73. The Balaban J connectivity index is 2.62. The van der Waals surface area contributed by atoms with Crippen LogP contribution in [0.2, 0.25) is 0 Å². The monoisotopic (exact) mass is 286 g/mol. The fourth-order valence-electron chi connectivity index (χ4n) is 1.05. The summed E-state index contributed by atoms with van der Waals surface area (Å²) >= 11 is 3.28. The van der Waals surface area contributed by atoms with E-state index in [1.807, 2.05) is 13.8 Å². The molecule has 0 aliphatic rings. The maximum Gasteiger partial charge on any atom is 0.276 e. The number of anilines is 1. The van der Waals surface area contributed by atoms with Crippen LogP contribution in [0.15, 0.2) is 22.7 Å². The summed E-state index contributed by atoms with van der Waals surface area (Å²) < 4.78 is 0.687. The molecule has 1 rings (SSSR count). The Labute approximate surface area is 103 Å². The van der Waals surface area contributed by atoms with E-state index in [4.69, 9.17) is 10.6 Å². The Morgan fingerprint density at radius 2 is 2.25 bits per heavy atom. The number of benzene rings is 1. The molecule has 0 unspecified atom stereocenters. The predicted molar refractivity (Wildman–Crippen MR) is 66.8 cm³/mol. The van der Waals surface area contributed by atoms with E-state index in [-0.39, 0.29) is 5.91 Å². The van der Waals surface area contributed by atoms with Crippen LogP contribution in [0, 0.1) is 5.92 Å². The summed E-state index contributed by atoms with van der Waals surface area (Å²) in [5.74, 6) is 0.0596. The molecule has 0 atom stereocenters. The van der Waals surface area contributed by atoms with Gasteiger partial charge in [0.1, 0.15) is 0 Å². The number of nitrogen functional groups attached to an aromatic ring is 1. The lowest BCUT2D eigenvalue weighted by atomic mass is 10.2. The molecule has 0 bridgehead atoms. The van der Waals surface area contributed by atoms with Gasteiger partial charge in [-0.2, -0.15) is 0 Å². The maximum absolute atomic E-state index is 11.7. The van der Waals surface area contributed by atoms with Crippen molar-refractivity contribution in [2.24, 2.45) is 5.92 Å². The zero-order valence-electron chi connectivity index (χ0n) is 9.29. The SMILES string of the molecule is CC(C)CONC(=O)c1cc(N)ccc1Br. The number of hydroxylamine groups is 1. The fourth-order valence-corrected chi connectivity index (χ4v) is 1.47. The minimum Gasteiger partial charge on any atom is -0.399 e. The molecule has 0 heterocycles. The summed E-state index contributed by atoms with van der Waals surface area (Å²) in [7, 11) is 0. The molecule has 0 fully saturated rings. The van der Waals surface area contributed by atoms with Crippen LogP contribution in [0.1, 0.15) is 24.2 Å². The average Bonchev–Trinajstić information content (AvgIpc) is 2.21. The molecule has 5 heteroatoms. The molecule has 0 aliphatic carbocycles. The molecule has 1 aromatic carbocycles. The number of carbonyl (C=O) groups is 1. The first-order chi connectivity index (χ1) is 7.50. The zero-order chi connectivity index (χ0) is 12.1. The van der Waals surface area contributed by atoms with Gasteiger partial charge in [0.05, 0.1) is 12.2 Å². The number of halogens is 1. The van der Waals surface area contributed by atoms with Gasteiger partial charge in [0.15, 0.2) is 0 Å². The van der Waals surface area contributed by atoms with Gasteiger partial charge in [0.2, 0.25) is 0 Å². The molecule has 0 aliphatic heterocycles. The minimum atomic E-state index is -0.306. The van der Waals surface area contributed by atoms with Gasteiger partial charge in [0.25, 0.3) is 5.91 Å². The fraction of sp³-hybridized carbons (Fsp3) is 0.364. The van der Waals surface area contributed by atoms with Crippen molar-refractivity contribution in [3.8, 4) is 0 Å². The van der Waals surface area contributed by atoms with Crippen LogP contribution in [0.25, 0.3) is 0 Å². The van der Waals surface area contributed by atoms with E-state index in [2.05, 4.69) is 21.4 Å². The molecule has 1 aromatic rings. The van der Waals surface area contributed by atoms with E-state index in [1.165, 1.54) is 0 Å². The predicted octanol–water partition coefficient (Wildman–Crippen LogP) is 2.35. The van der Waals surface area contributed by atoms with Gasteiger partial charge in [0, 0.05) is 10.2 Å². The summed E-state index contributed by atoms with van der Waals surface area (Å²) in [6.07, 6.45) is 0. The second kappa shape index (κ2) is 5.86. The molecule has 0 radical (unpaired) electrons. The van der Waals surface area contributed by atoms with Crippen molar-refractivity contribution in [3.05, 3.63) is 28.2 Å². The van der Waals surface area contributed by atoms with E-state index in [1.54, 1.807) is 18.2 Å². The molecule has 3 N–H and O–H groups in total. The number of nitrogens with two attached hydrogens (primary N) is 1. The molecule has 1 amide bonds. The lowest BCUT2D eigenvalue weighted by Crippen LogP contribution is -2.26. The Hall–Kier alpha value is -1.07. The molecule has 0 spiro atoms. The first-order valence-corrected chi connectivity index (χ1v) is 5.77. The van der Waals surface area contributed by atoms with Gasteiger partial charge in [-0.05, 0) is 40.0 Å². The van der Waals surface area contributed by atoms with Crippen LogP contribution >= 0.6 is 15.9 Å². The third-order valence-electron chi connectivity index (χ3n) is 1.82. The van der Waals surface area contributed by atoms with Gasteiger partial charge in [-0.25, -0.2) is 5.48 Å². The number of rotatable bonds is 4. The van der Waals surface area contributed by atoms with Crippen molar-refractivity contribution >= 4 is 27.5 Å². The number of hydrogen-bond acceptors (Lipinski definition) is 3. The van der Waals surface area contributed by atoms with E-state index < -0.39 is 0 Å². The summed E-state index contributed by atoms with van der Waals surface area (Å²) in [4.78, 5) is 16.7. The van der Waals surface area contributed by atoms with Gasteiger partial charge < -0.3 is 5.73 Å². The van der Waals surface area contributed by atoms with Crippen LogP contribution < -0.4 is 11.2 Å². The lowest BCUT2D eigenvalue weighted by Gasteiger charge is -2.09. The van der Waals surface area contributed by atoms with Crippen molar-refractivity contribution < 1.29 is 9.63 Å². The quantitative estimate of drug-likeness (QED) is 0.660. The topological polar surface area (TPSA) is 64.3 Å². The highest BCUT2D eigenvalue weighted by molar-refractivity contribution is 9.10. The van der Waals surface area contributed by atoms with Crippen molar-refractivity contribution in [2.45, 2.75) is 13.8 Å². The van der Waals surface area contributed by atoms with Crippen molar-refractivity contribution in [1.29, 1.82) is 0 Å². The molecule has 4 nitrogen and oxygen atoms in total. The number of carbonyl (C=O) groups excluding carboxylic acids is 1. The summed E-state index contributed by atoms with van der Waals surface area (Å²) in [6.45, 7) is 4.48. The molecular formula is C11H15BrN2O2. The minimum absolute atomic E-state index is 0.306.